The van der Waals surface area contributed by atoms with Gasteiger partial charge < -0.3 is 10.1 Å². The third kappa shape index (κ3) is 4.44. The van der Waals surface area contributed by atoms with Crippen LogP contribution in [0.2, 0.25) is 0 Å². The van der Waals surface area contributed by atoms with E-state index >= 15 is 0 Å². The van der Waals surface area contributed by atoms with Crippen molar-refractivity contribution < 1.29 is 4.74 Å². The molecule has 104 valence electrons. The number of hydrogen-bond acceptors (Lipinski definition) is 3. The number of benzene rings is 2. The number of ether oxygens (including phenoxy) is 1. The van der Waals surface area contributed by atoms with Gasteiger partial charge in [0.05, 0.1) is 12.3 Å². The fourth-order valence-corrected chi connectivity index (χ4v) is 1.78. The van der Waals surface area contributed by atoms with E-state index in [2.05, 4.69) is 16.2 Å². The molecule has 3 N–H and O–H groups in total. The average Bonchev–Trinajstić information content (AvgIpc) is 2.49. The summed E-state index contributed by atoms with van der Waals surface area (Å²) in [6.45, 7) is 2.62. The molecule has 0 saturated heterocycles. The van der Waals surface area contributed by atoms with Crippen LogP contribution in [-0.4, -0.2) is 11.7 Å². The van der Waals surface area contributed by atoms with Gasteiger partial charge >= 0.3 is 0 Å². The number of rotatable bonds is 5. The van der Waals surface area contributed by atoms with Gasteiger partial charge in [0.2, 0.25) is 0 Å². The van der Waals surface area contributed by atoms with E-state index in [4.69, 9.17) is 17.0 Å². The molecule has 0 aliphatic rings. The van der Waals surface area contributed by atoms with Crippen molar-refractivity contribution in [1.29, 1.82) is 0 Å². The Balaban J connectivity index is 1.82. The lowest BCUT2D eigenvalue weighted by atomic mass is 10.3. The molecule has 0 amide bonds. The van der Waals surface area contributed by atoms with Crippen molar-refractivity contribution in [2.75, 3.05) is 17.3 Å². The highest BCUT2D eigenvalue weighted by Crippen LogP contribution is 2.15. The van der Waals surface area contributed by atoms with E-state index < -0.39 is 0 Å². The molecule has 2 rings (SSSR count). The van der Waals surface area contributed by atoms with E-state index in [1.807, 2.05) is 61.5 Å². The third-order valence-corrected chi connectivity index (χ3v) is 2.72. The molecule has 0 unspecified atom stereocenters. The van der Waals surface area contributed by atoms with Crippen LogP contribution in [0.3, 0.4) is 0 Å². The van der Waals surface area contributed by atoms with Gasteiger partial charge in [0.1, 0.15) is 5.75 Å². The average molecular weight is 287 g/mol. The summed E-state index contributed by atoms with van der Waals surface area (Å²) in [6, 6.07) is 17.4. The van der Waals surface area contributed by atoms with Gasteiger partial charge in [-0.1, -0.05) is 18.2 Å². The molecule has 0 spiro atoms. The van der Waals surface area contributed by atoms with Crippen molar-refractivity contribution in [3.8, 4) is 5.75 Å². The first-order chi connectivity index (χ1) is 9.78. The first-order valence-corrected chi connectivity index (χ1v) is 6.79. The van der Waals surface area contributed by atoms with Crippen LogP contribution in [0, 0.1) is 0 Å². The zero-order valence-corrected chi connectivity index (χ0v) is 12.0. The number of para-hydroxylation sites is 1. The number of thiocarbonyl (C=S) groups is 1. The summed E-state index contributed by atoms with van der Waals surface area (Å²) in [5.74, 6) is 0.847. The Hall–Kier alpha value is -2.27. The maximum absolute atomic E-state index is 5.38. The van der Waals surface area contributed by atoms with Crippen molar-refractivity contribution in [3.63, 3.8) is 0 Å². The smallest absolute Gasteiger partial charge is 0.189 e. The van der Waals surface area contributed by atoms with Crippen molar-refractivity contribution >= 4 is 28.7 Å². The van der Waals surface area contributed by atoms with E-state index in [0.29, 0.717) is 11.7 Å². The minimum absolute atomic E-state index is 0.498. The van der Waals surface area contributed by atoms with E-state index in [9.17, 15) is 0 Å². The van der Waals surface area contributed by atoms with Gasteiger partial charge in [0, 0.05) is 5.69 Å². The second-order valence-electron chi connectivity index (χ2n) is 4.03. The molecule has 0 aromatic heterocycles. The minimum Gasteiger partial charge on any atom is -0.494 e. The van der Waals surface area contributed by atoms with Gasteiger partial charge in [-0.2, -0.15) is 0 Å². The molecule has 20 heavy (non-hydrogen) atoms. The minimum atomic E-state index is 0.498. The molecule has 2 aromatic rings. The molecule has 0 aliphatic carbocycles. The maximum atomic E-state index is 5.38. The lowest BCUT2D eigenvalue weighted by molar-refractivity contribution is 0.340. The van der Waals surface area contributed by atoms with E-state index in [1.165, 1.54) is 0 Å². The van der Waals surface area contributed by atoms with Gasteiger partial charge in [-0.25, -0.2) is 0 Å². The Kier molecular flexibility index (Phi) is 5.20. The highest BCUT2D eigenvalue weighted by Gasteiger charge is 1.98. The van der Waals surface area contributed by atoms with Crippen LogP contribution in [0.5, 0.6) is 5.75 Å². The molecule has 4 nitrogen and oxygen atoms in total. The fraction of sp³-hybridized carbons (Fsp3) is 0.133. The molecule has 0 radical (unpaired) electrons. The molecule has 0 aliphatic heterocycles. The van der Waals surface area contributed by atoms with Gasteiger partial charge in [0.25, 0.3) is 0 Å². The lowest BCUT2D eigenvalue weighted by Crippen LogP contribution is -2.33. The number of anilines is 2. The first-order valence-electron chi connectivity index (χ1n) is 6.39. The summed E-state index contributed by atoms with van der Waals surface area (Å²) in [6.07, 6.45) is 0. The molecule has 2 aromatic carbocycles. The van der Waals surface area contributed by atoms with Crippen molar-refractivity contribution in [2.24, 2.45) is 0 Å². The number of hydrazine groups is 1. The Bertz CT molecular complexity index is 543. The van der Waals surface area contributed by atoms with Crippen molar-refractivity contribution in [2.45, 2.75) is 6.92 Å². The SMILES string of the molecule is CCOc1ccc(NC(=S)NNc2ccccc2)cc1. The van der Waals surface area contributed by atoms with E-state index in [1.54, 1.807) is 0 Å². The normalized spacial score (nSPS) is 9.65. The summed E-state index contributed by atoms with van der Waals surface area (Å²) < 4.78 is 5.38. The third-order valence-electron chi connectivity index (χ3n) is 2.52. The maximum Gasteiger partial charge on any atom is 0.189 e. The number of hydrogen-bond donors (Lipinski definition) is 3. The summed E-state index contributed by atoms with van der Waals surface area (Å²) in [4.78, 5) is 0. The predicted molar refractivity (Wildman–Crippen MR) is 87.0 cm³/mol. The van der Waals surface area contributed by atoms with Gasteiger partial charge in [-0.05, 0) is 55.5 Å². The highest BCUT2D eigenvalue weighted by molar-refractivity contribution is 7.80. The molecule has 0 fully saturated rings. The van der Waals surface area contributed by atoms with Crippen LogP contribution in [0.25, 0.3) is 0 Å². The van der Waals surface area contributed by atoms with Crippen LogP contribution < -0.4 is 20.9 Å². The quantitative estimate of drug-likeness (QED) is 0.581. The van der Waals surface area contributed by atoms with Gasteiger partial charge in [-0.15, -0.1) is 0 Å². The van der Waals surface area contributed by atoms with Crippen LogP contribution in [-0.2, 0) is 0 Å². The first kappa shape index (κ1) is 14.1. The Morgan fingerprint density at radius 1 is 1.00 bits per heavy atom. The predicted octanol–water partition coefficient (Wildman–Crippen LogP) is 3.40. The van der Waals surface area contributed by atoms with Crippen LogP contribution >= 0.6 is 12.2 Å². The fourth-order valence-electron chi connectivity index (χ4n) is 1.61. The van der Waals surface area contributed by atoms with Crippen molar-refractivity contribution in [3.05, 3.63) is 54.6 Å². The van der Waals surface area contributed by atoms with Gasteiger partial charge in [0.15, 0.2) is 5.11 Å². The molecule has 0 heterocycles. The summed E-state index contributed by atoms with van der Waals surface area (Å²) in [5, 5.41) is 3.58. The van der Waals surface area contributed by atoms with Crippen molar-refractivity contribution in [1.82, 2.24) is 5.43 Å². The van der Waals surface area contributed by atoms with Crippen LogP contribution in [0.4, 0.5) is 11.4 Å². The standard InChI is InChI=1S/C15H17N3OS/c1-2-19-14-10-8-12(9-11-14)16-15(20)18-17-13-6-4-3-5-7-13/h3-11,17H,2H2,1H3,(H2,16,18,20). The van der Waals surface area contributed by atoms with E-state index in [-0.39, 0.29) is 0 Å². The van der Waals surface area contributed by atoms with Crippen LogP contribution in [0.15, 0.2) is 54.6 Å². The molecular weight excluding hydrogens is 270 g/mol. The molecule has 5 heteroatoms. The van der Waals surface area contributed by atoms with Gasteiger partial charge in [-0.3, -0.25) is 10.9 Å². The zero-order chi connectivity index (χ0) is 14.2. The Morgan fingerprint density at radius 3 is 2.35 bits per heavy atom. The molecule has 0 atom stereocenters. The topological polar surface area (TPSA) is 45.3 Å². The lowest BCUT2D eigenvalue weighted by Gasteiger charge is -2.12. The zero-order valence-electron chi connectivity index (χ0n) is 11.2. The van der Waals surface area contributed by atoms with E-state index in [0.717, 1.165) is 17.1 Å². The summed E-state index contributed by atoms with van der Waals surface area (Å²) >= 11 is 5.20. The Labute approximate surface area is 124 Å². The second kappa shape index (κ2) is 7.35. The molecular formula is C15H17N3OS. The summed E-state index contributed by atoms with van der Waals surface area (Å²) in [7, 11) is 0. The molecule has 0 saturated carbocycles. The monoisotopic (exact) mass is 287 g/mol. The van der Waals surface area contributed by atoms with Crippen LogP contribution in [0.1, 0.15) is 6.92 Å². The Morgan fingerprint density at radius 2 is 1.70 bits per heavy atom. The number of nitrogens with one attached hydrogen (secondary N) is 3. The second-order valence-corrected chi connectivity index (χ2v) is 4.44. The largest absolute Gasteiger partial charge is 0.494 e. The summed E-state index contributed by atoms with van der Waals surface area (Å²) in [5.41, 5.74) is 7.80. The highest BCUT2D eigenvalue weighted by atomic mass is 32.1. The molecule has 0 bridgehead atoms.